The molecule has 0 aliphatic heterocycles. The third kappa shape index (κ3) is 5.27. The highest BCUT2D eigenvalue weighted by Gasteiger charge is 2.18. The molecule has 0 atom stereocenters. The minimum absolute atomic E-state index is 0.137. The molecule has 0 aromatic heterocycles. The fourth-order valence-corrected chi connectivity index (χ4v) is 2.16. The van der Waals surface area contributed by atoms with Crippen LogP contribution in [0.1, 0.15) is 22.3 Å². The van der Waals surface area contributed by atoms with Crippen LogP contribution in [0, 0.1) is 11.6 Å². The summed E-state index contributed by atoms with van der Waals surface area (Å²) in [4.78, 5) is 23.4. The van der Waals surface area contributed by atoms with Crippen LogP contribution >= 0.6 is 0 Å². The zero-order valence-electron chi connectivity index (χ0n) is 13.6. The molecule has 0 bridgehead atoms. The predicted molar refractivity (Wildman–Crippen MR) is 87.4 cm³/mol. The zero-order chi connectivity index (χ0) is 18.2. The summed E-state index contributed by atoms with van der Waals surface area (Å²) in [5.41, 5.74) is 0.585. The number of methoxy groups -OCH3 is 1. The van der Waals surface area contributed by atoms with Crippen molar-refractivity contribution in [3.8, 4) is 0 Å². The molecule has 0 heterocycles. The van der Waals surface area contributed by atoms with Crippen LogP contribution in [-0.2, 0) is 15.9 Å². The molecule has 0 saturated carbocycles. The Morgan fingerprint density at radius 3 is 2.44 bits per heavy atom. The van der Waals surface area contributed by atoms with Gasteiger partial charge in [0.05, 0.1) is 25.0 Å². The monoisotopic (exact) mass is 349 g/mol. The fourth-order valence-electron chi connectivity index (χ4n) is 2.16. The number of amides is 1. The van der Waals surface area contributed by atoms with Gasteiger partial charge in [-0.2, -0.15) is 0 Å². The Morgan fingerprint density at radius 2 is 1.76 bits per heavy atom. The topological polar surface area (TPSA) is 64.6 Å². The molecule has 2 rings (SSSR count). The number of halogens is 2. The first-order chi connectivity index (χ1) is 12.0. The number of carbonyl (C=O) groups excluding carboxylic acids is 2. The molecule has 0 fully saturated rings. The number of benzene rings is 2. The van der Waals surface area contributed by atoms with Gasteiger partial charge in [-0.15, -0.1) is 0 Å². The van der Waals surface area contributed by atoms with Gasteiger partial charge in [0.2, 0.25) is 0 Å². The molecule has 0 unspecified atom stereocenters. The Kier molecular flexibility index (Phi) is 6.45. The number of ether oxygens (including phenoxy) is 2. The minimum atomic E-state index is -1.22. The second kappa shape index (κ2) is 8.77. The van der Waals surface area contributed by atoms with Crippen molar-refractivity contribution in [3.05, 3.63) is 65.2 Å². The first-order valence-corrected chi connectivity index (χ1v) is 7.56. The van der Waals surface area contributed by atoms with E-state index in [4.69, 9.17) is 4.74 Å². The van der Waals surface area contributed by atoms with Gasteiger partial charge in [0.1, 0.15) is 0 Å². The highest BCUT2D eigenvalue weighted by molar-refractivity contribution is 5.99. The molecule has 132 valence electrons. The summed E-state index contributed by atoms with van der Waals surface area (Å²) in [6, 6.07) is 11.0. The lowest BCUT2D eigenvalue weighted by molar-refractivity contribution is 0.0601. The second-order valence-electron chi connectivity index (χ2n) is 5.15. The fraction of sp³-hybridized carbons (Fsp3) is 0.222. The first kappa shape index (κ1) is 18.4. The molecule has 7 heteroatoms. The van der Waals surface area contributed by atoms with Crippen molar-refractivity contribution in [2.24, 2.45) is 0 Å². The van der Waals surface area contributed by atoms with Crippen molar-refractivity contribution in [1.82, 2.24) is 0 Å². The van der Waals surface area contributed by atoms with Crippen molar-refractivity contribution < 1.29 is 27.8 Å². The number of esters is 1. The summed E-state index contributed by atoms with van der Waals surface area (Å²) in [7, 11) is 1.09. The zero-order valence-corrected chi connectivity index (χ0v) is 13.6. The van der Waals surface area contributed by atoms with Crippen LogP contribution in [0.2, 0.25) is 0 Å². The summed E-state index contributed by atoms with van der Waals surface area (Å²) in [6.45, 7) is 0.137. The Balaban J connectivity index is 1.91. The van der Waals surface area contributed by atoms with Crippen molar-refractivity contribution in [2.75, 3.05) is 19.0 Å². The number of aryl methyl sites for hydroxylation is 1. The van der Waals surface area contributed by atoms with Crippen LogP contribution in [0.3, 0.4) is 0 Å². The minimum Gasteiger partial charge on any atom is -0.465 e. The highest BCUT2D eigenvalue weighted by Crippen LogP contribution is 2.21. The SMILES string of the molecule is COC(=O)c1cc(F)c(F)cc1NC(=O)OCCCc1ccccc1. The van der Waals surface area contributed by atoms with E-state index in [-0.39, 0.29) is 17.9 Å². The second-order valence-corrected chi connectivity index (χ2v) is 5.15. The summed E-state index contributed by atoms with van der Waals surface area (Å²) >= 11 is 0. The van der Waals surface area contributed by atoms with E-state index in [0.717, 1.165) is 19.1 Å². The molecule has 1 N–H and O–H groups in total. The third-order valence-corrected chi connectivity index (χ3v) is 3.39. The van der Waals surface area contributed by atoms with E-state index in [9.17, 15) is 18.4 Å². The number of anilines is 1. The van der Waals surface area contributed by atoms with Crippen LogP contribution in [0.25, 0.3) is 0 Å². The largest absolute Gasteiger partial charge is 0.465 e. The van der Waals surface area contributed by atoms with Gasteiger partial charge in [-0.3, -0.25) is 5.32 Å². The van der Waals surface area contributed by atoms with Gasteiger partial charge in [0, 0.05) is 6.07 Å². The molecule has 5 nitrogen and oxygen atoms in total. The molecule has 0 aliphatic rings. The van der Waals surface area contributed by atoms with Crippen LogP contribution in [0.15, 0.2) is 42.5 Å². The normalized spacial score (nSPS) is 10.2. The van der Waals surface area contributed by atoms with Crippen molar-refractivity contribution in [1.29, 1.82) is 0 Å². The van der Waals surface area contributed by atoms with E-state index in [1.807, 2.05) is 30.3 Å². The molecule has 0 saturated heterocycles. The van der Waals surface area contributed by atoms with Crippen molar-refractivity contribution >= 4 is 17.7 Å². The van der Waals surface area contributed by atoms with Crippen LogP contribution in [0.5, 0.6) is 0 Å². The summed E-state index contributed by atoms with van der Waals surface area (Å²) in [6.07, 6.45) is 0.454. The highest BCUT2D eigenvalue weighted by atomic mass is 19.2. The average molecular weight is 349 g/mol. The Bertz CT molecular complexity index is 750. The molecule has 2 aromatic rings. The quantitative estimate of drug-likeness (QED) is 0.634. The Hall–Kier alpha value is -2.96. The van der Waals surface area contributed by atoms with Crippen LogP contribution in [-0.4, -0.2) is 25.8 Å². The lowest BCUT2D eigenvalue weighted by atomic mass is 10.1. The number of rotatable bonds is 6. The molecule has 0 spiro atoms. The maximum Gasteiger partial charge on any atom is 0.411 e. The molecular formula is C18H17F2NO4. The Morgan fingerprint density at radius 1 is 1.08 bits per heavy atom. The number of nitrogens with one attached hydrogen (secondary N) is 1. The predicted octanol–water partition coefficient (Wildman–Crippen LogP) is 3.93. The van der Waals surface area contributed by atoms with E-state index < -0.39 is 23.7 Å². The lowest BCUT2D eigenvalue weighted by Crippen LogP contribution is -2.18. The molecular weight excluding hydrogens is 332 g/mol. The van der Waals surface area contributed by atoms with Gasteiger partial charge in [0.25, 0.3) is 0 Å². The van der Waals surface area contributed by atoms with E-state index in [1.54, 1.807) is 0 Å². The maximum absolute atomic E-state index is 13.4. The van der Waals surface area contributed by atoms with E-state index in [2.05, 4.69) is 10.1 Å². The van der Waals surface area contributed by atoms with Gasteiger partial charge in [0.15, 0.2) is 11.6 Å². The Labute approximate surface area is 143 Å². The molecule has 0 radical (unpaired) electrons. The van der Waals surface area contributed by atoms with Crippen molar-refractivity contribution in [2.45, 2.75) is 12.8 Å². The molecule has 0 aliphatic carbocycles. The average Bonchev–Trinajstić information content (AvgIpc) is 2.62. The number of hydrogen-bond acceptors (Lipinski definition) is 4. The molecule has 2 aromatic carbocycles. The third-order valence-electron chi connectivity index (χ3n) is 3.39. The van der Waals surface area contributed by atoms with E-state index in [1.165, 1.54) is 0 Å². The van der Waals surface area contributed by atoms with Gasteiger partial charge >= 0.3 is 12.1 Å². The van der Waals surface area contributed by atoms with Gasteiger partial charge in [-0.1, -0.05) is 30.3 Å². The van der Waals surface area contributed by atoms with Crippen LogP contribution < -0.4 is 5.32 Å². The van der Waals surface area contributed by atoms with Gasteiger partial charge < -0.3 is 9.47 Å². The molecule has 25 heavy (non-hydrogen) atoms. The smallest absolute Gasteiger partial charge is 0.411 e. The number of carbonyl (C=O) groups is 2. The van der Waals surface area contributed by atoms with Crippen LogP contribution in [0.4, 0.5) is 19.3 Å². The van der Waals surface area contributed by atoms with Gasteiger partial charge in [-0.05, 0) is 24.5 Å². The summed E-state index contributed by atoms with van der Waals surface area (Å²) in [5.74, 6) is -3.33. The maximum atomic E-state index is 13.4. The standard InChI is InChI=1S/C18H17F2NO4/c1-24-17(22)13-10-14(19)15(20)11-16(13)21-18(23)25-9-5-8-12-6-3-2-4-7-12/h2-4,6-7,10-11H,5,8-9H2,1H3,(H,21,23). The molecule has 1 amide bonds. The summed E-state index contributed by atoms with van der Waals surface area (Å²) < 4.78 is 36.1. The summed E-state index contributed by atoms with van der Waals surface area (Å²) in [5, 5.41) is 2.22. The van der Waals surface area contributed by atoms with Crippen molar-refractivity contribution in [3.63, 3.8) is 0 Å². The lowest BCUT2D eigenvalue weighted by Gasteiger charge is -2.11. The van der Waals surface area contributed by atoms with E-state index in [0.29, 0.717) is 18.6 Å². The van der Waals surface area contributed by atoms with E-state index >= 15 is 0 Å². The first-order valence-electron chi connectivity index (χ1n) is 7.56. The number of hydrogen-bond donors (Lipinski definition) is 1. The van der Waals surface area contributed by atoms with Gasteiger partial charge in [-0.25, -0.2) is 18.4 Å².